The number of rotatable bonds is 7. The molecule has 2 aromatic carbocycles. The molecule has 1 amide bonds. The van der Waals surface area contributed by atoms with Crippen LogP contribution in [0.5, 0.6) is 11.5 Å². The van der Waals surface area contributed by atoms with Crippen LogP contribution in [0.2, 0.25) is 0 Å². The van der Waals surface area contributed by atoms with Crippen LogP contribution in [-0.2, 0) is 11.3 Å². The van der Waals surface area contributed by atoms with Gasteiger partial charge in [0.1, 0.15) is 28.4 Å². The molecule has 0 atom stereocenters. The molecule has 8 heteroatoms. The summed E-state index contributed by atoms with van der Waals surface area (Å²) in [6.45, 7) is 3.81. The molecule has 0 saturated carbocycles. The minimum Gasteiger partial charge on any atom is -0.482 e. The van der Waals surface area contributed by atoms with Crippen molar-refractivity contribution in [3.8, 4) is 11.5 Å². The van der Waals surface area contributed by atoms with E-state index in [1.807, 2.05) is 26.0 Å². The zero-order valence-electron chi connectivity index (χ0n) is 18.0. The Morgan fingerprint density at radius 3 is 2.55 bits per heavy atom. The van der Waals surface area contributed by atoms with E-state index in [2.05, 4.69) is 5.32 Å². The van der Waals surface area contributed by atoms with Gasteiger partial charge in [0.15, 0.2) is 6.61 Å². The van der Waals surface area contributed by atoms with Crippen molar-refractivity contribution < 1.29 is 27.9 Å². The van der Waals surface area contributed by atoms with Gasteiger partial charge in [-0.15, -0.1) is 0 Å². The van der Waals surface area contributed by atoms with E-state index in [1.54, 1.807) is 30.3 Å². The van der Waals surface area contributed by atoms with Crippen molar-refractivity contribution in [2.75, 3.05) is 6.61 Å². The van der Waals surface area contributed by atoms with Crippen molar-refractivity contribution in [2.45, 2.75) is 20.4 Å². The lowest BCUT2D eigenvalue weighted by Gasteiger charge is -2.09. The summed E-state index contributed by atoms with van der Waals surface area (Å²) in [5.41, 5.74) is 1.42. The smallest absolute Gasteiger partial charge is 0.349 e. The van der Waals surface area contributed by atoms with Crippen molar-refractivity contribution in [1.29, 1.82) is 0 Å². The second-order valence-corrected chi connectivity index (χ2v) is 7.42. The molecular weight excluding hydrogens is 426 g/mol. The van der Waals surface area contributed by atoms with Gasteiger partial charge in [-0.2, -0.15) is 0 Å². The first-order valence-corrected chi connectivity index (χ1v) is 10.2. The van der Waals surface area contributed by atoms with E-state index < -0.39 is 17.5 Å². The van der Waals surface area contributed by atoms with E-state index in [0.717, 1.165) is 11.1 Å². The molecule has 1 N–H and O–H groups in total. The summed E-state index contributed by atoms with van der Waals surface area (Å²) in [6, 6.07) is 14.9. The maximum absolute atomic E-state index is 12.3. The Hall–Kier alpha value is -4.33. The normalized spacial score (nSPS) is 10.7. The van der Waals surface area contributed by atoms with Crippen LogP contribution in [0.4, 0.5) is 0 Å². The zero-order valence-corrected chi connectivity index (χ0v) is 18.0. The first-order valence-electron chi connectivity index (χ1n) is 10.2. The van der Waals surface area contributed by atoms with Crippen molar-refractivity contribution in [3.63, 3.8) is 0 Å². The van der Waals surface area contributed by atoms with E-state index in [9.17, 15) is 14.4 Å². The average molecular weight is 447 g/mol. The van der Waals surface area contributed by atoms with Gasteiger partial charge in [-0.25, -0.2) is 9.59 Å². The monoisotopic (exact) mass is 447 g/mol. The van der Waals surface area contributed by atoms with Crippen LogP contribution in [0.15, 0.2) is 74.5 Å². The Morgan fingerprint density at radius 2 is 1.79 bits per heavy atom. The van der Waals surface area contributed by atoms with Gasteiger partial charge in [0.2, 0.25) is 0 Å². The number of esters is 1. The fourth-order valence-electron chi connectivity index (χ4n) is 3.10. The Kier molecular flexibility index (Phi) is 6.26. The number of amides is 1. The van der Waals surface area contributed by atoms with Gasteiger partial charge in [-0.1, -0.05) is 6.07 Å². The van der Waals surface area contributed by atoms with Gasteiger partial charge in [-0.05, 0) is 67.4 Å². The topological polar surface area (TPSA) is 108 Å². The summed E-state index contributed by atoms with van der Waals surface area (Å²) in [5, 5.41) is 3.11. The van der Waals surface area contributed by atoms with Crippen molar-refractivity contribution in [3.05, 3.63) is 93.7 Å². The van der Waals surface area contributed by atoms with Crippen LogP contribution in [0.3, 0.4) is 0 Å². The lowest BCUT2D eigenvalue weighted by molar-refractivity contribution is -0.136. The number of aryl methyl sites for hydroxylation is 2. The van der Waals surface area contributed by atoms with Gasteiger partial charge >= 0.3 is 11.6 Å². The van der Waals surface area contributed by atoms with E-state index >= 15 is 0 Å². The molecule has 0 aliphatic carbocycles. The highest BCUT2D eigenvalue weighted by atomic mass is 16.6. The minimum absolute atomic E-state index is 0.138. The molecule has 4 rings (SSSR count). The first kappa shape index (κ1) is 21.9. The van der Waals surface area contributed by atoms with Crippen molar-refractivity contribution in [1.82, 2.24) is 5.32 Å². The lowest BCUT2D eigenvalue weighted by atomic mass is 10.1. The van der Waals surface area contributed by atoms with Crippen LogP contribution in [-0.4, -0.2) is 18.5 Å². The predicted molar refractivity (Wildman–Crippen MR) is 119 cm³/mol. The van der Waals surface area contributed by atoms with Crippen LogP contribution in [0.1, 0.15) is 27.2 Å². The molecule has 0 bridgehead atoms. The molecular formula is C25H21NO7. The second-order valence-electron chi connectivity index (χ2n) is 7.42. The third-order valence-corrected chi connectivity index (χ3v) is 5.02. The van der Waals surface area contributed by atoms with Gasteiger partial charge in [0.25, 0.3) is 5.91 Å². The third-order valence-electron chi connectivity index (χ3n) is 5.02. The van der Waals surface area contributed by atoms with Gasteiger partial charge < -0.3 is 23.6 Å². The zero-order chi connectivity index (χ0) is 23.4. The fraction of sp³-hybridized carbons (Fsp3) is 0.160. The van der Waals surface area contributed by atoms with Gasteiger partial charge in [0, 0.05) is 11.5 Å². The molecule has 33 heavy (non-hydrogen) atoms. The molecule has 4 aromatic rings. The maximum atomic E-state index is 12.3. The number of furan rings is 1. The number of benzene rings is 2. The standard InChI is InChI=1S/C25H21NO7/c1-15-5-7-18(10-16(15)2)31-14-23(27)32-19-8-6-17-11-21(25(29)33-22(17)12-19)24(28)26-13-20-4-3-9-30-20/h3-12H,13-14H2,1-2H3,(H,26,28). The van der Waals surface area contributed by atoms with E-state index in [4.69, 9.17) is 18.3 Å². The molecule has 2 aromatic heterocycles. The highest BCUT2D eigenvalue weighted by Gasteiger charge is 2.15. The number of hydrogen-bond acceptors (Lipinski definition) is 7. The molecule has 0 aliphatic rings. The third kappa shape index (κ3) is 5.30. The second kappa shape index (κ2) is 9.44. The molecule has 8 nitrogen and oxygen atoms in total. The van der Waals surface area contributed by atoms with Gasteiger partial charge in [-0.3, -0.25) is 4.79 Å². The molecule has 0 unspecified atom stereocenters. The molecule has 0 radical (unpaired) electrons. The van der Waals surface area contributed by atoms with E-state index in [0.29, 0.717) is 16.9 Å². The average Bonchev–Trinajstić information content (AvgIpc) is 3.31. The SMILES string of the molecule is Cc1ccc(OCC(=O)Oc2ccc3cc(C(=O)NCc4ccco4)c(=O)oc3c2)cc1C. The number of fused-ring (bicyclic) bond motifs is 1. The van der Waals surface area contributed by atoms with Crippen LogP contribution >= 0.6 is 0 Å². The Balaban J connectivity index is 1.41. The number of carbonyl (C=O) groups is 2. The highest BCUT2D eigenvalue weighted by molar-refractivity contribution is 5.96. The summed E-state index contributed by atoms with van der Waals surface area (Å²) in [5.74, 6) is 0.123. The number of carbonyl (C=O) groups excluding carboxylic acids is 2. The summed E-state index contributed by atoms with van der Waals surface area (Å²) in [7, 11) is 0. The van der Waals surface area contributed by atoms with Crippen molar-refractivity contribution in [2.24, 2.45) is 0 Å². The number of nitrogens with one attached hydrogen (secondary N) is 1. The van der Waals surface area contributed by atoms with Gasteiger partial charge in [0.05, 0.1) is 12.8 Å². The van der Waals surface area contributed by atoms with E-state index in [-0.39, 0.29) is 30.0 Å². The Labute approximate surface area is 188 Å². The largest absolute Gasteiger partial charge is 0.482 e. The van der Waals surface area contributed by atoms with Crippen LogP contribution < -0.4 is 20.4 Å². The Bertz CT molecular complexity index is 1370. The van der Waals surface area contributed by atoms with Crippen LogP contribution in [0.25, 0.3) is 11.0 Å². The molecule has 0 spiro atoms. The fourth-order valence-corrected chi connectivity index (χ4v) is 3.10. The summed E-state index contributed by atoms with van der Waals surface area (Å²) < 4.78 is 21.2. The molecule has 0 saturated heterocycles. The number of ether oxygens (including phenoxy) is 2. The number of hydrogen-bond donors (Lipinski definition) is 1. The predicted octanol–water partition coefficient (Wildman–Crippen LogP) is 3.92. The highest BCUT2D eigenvalue weighted by Crippen LogP contribution is 2.21. The Morgan fingerprint density at radius 1 is 0.970 bits per heavy atom. The molecule has 2 heterocycles. The lowest BCUT2D eigenvalue weighted by Crippen LogP contribution is -2.27. The van der Waals surface area contributed by atoms with E-state index in [1.165, 1.54) is 18.4 Å². The quantitative estimate of drug-likeness (QED) is 0.260. The molecule has 0 aliphatic heterocycles. The molecule has 0 fully saturated rings. The molecule has 168 valence electrons. The summed E-state index contributed by atoms with van der Waals surface area (Å²) >= 11 is 0. The maximum Gasteiger partial charge on any atom is 0.349 e. The summed E-state index contributed by atoms with van der Waals surface area (Å²) in [4.78, 5) is 36.8. The minimum atomic E-state index is -0.805. The first-order chi connectivity index (χ1) is 15.9. The van der Waals surface area contributed by atoms with Crippen molar-refractivity contribution >= 4 is 22.8 Å². The van der Waals surface area contributed by atoms with Crippen LogP contribution in [0, 0.1) is 13.8 Å². The summed E-state index contributed by atoms with van der Waals surface area (Å²) in [6.07, 6.45) is 1.49.